The first-order chi connectivity index (χ1) is 5.38. The molecule has 0 saturated carbocycles. The third-order valence-corrected chi connectivity index (χ3v) is 3.18. The van der Waals surface area contributed by atoms with Crippen LogP contribution >= 0.6 is 0 Å². The summed E-state index contributed by atoms with van der Waals surface area (Å²) in [7, 11) is -4.90. The van der Waals surface area contributed by atoms with Gasteiger partial charge in [-0.25, -0.2) is 8.42 Å². The third-order valence-electron chi connectivity index (χ3n) is 1.83. The maximum atomic E-state index is 10.5. The van der Waals surface area contributed by atoms with Crippen LogP contribution in [0.25, 0.3) is 0 Å². The molecule has 1 aliphatic heterocycles. The van der Waals surface area contributed by atoms with Gasteiger partial charge in [-0.1, -0.05) is 0 Å². The van der Waals surface area contributed by atoms with Gasteiger partial charge in [0.15, 0.2) is 4.93 Å². The molecule has 8 heteroatoms. The SMILES string of the molecule is O=S(=O)([O-])C1(O)CCOCC1O.[Na+]. The Hall–Kier alpha value is 0.790. The first-order valence-electron chi connectivity index (χ1n) is 3.31. The molecule has 1 saturated heterocycles. The van der Waals surface area contributed by atoms with Crippen LogP contribution in [0.2, 0.25) is 0 Å². The van der Waals surface area contributed by atoms with Crippen LogP contribution in [0.4, 0.5) is 0 Å². The van der Waals surface area contributed by atoms with Gasteiger partial charge in [-0.2, -0.15) is 0 Å². The van der Waals surface area contributed by atoms with E-state index in [1.807, 2.05) is 0 Å². The zero-order chi connectivity index (χ0) is 9.41. The summed E-state index contributed by atoms with van der Waals surface area (Å²) in [5, 5.41) is 18.3. The van der Waals surface area contributed by atoms with Crippen molar-refractivity contribution in [3.8, 4) is 0 Å². The van der Waals surface area contributed by atoms with E-state index in [4.69, 9.17) is 5.11 Å². The van der Waals surface area contributed by atoms with Crippen LogP contribution in [0.5, 0.6) is 0 Å². The summed E-state index contributed by atoms with van der Waals surface area (Å²) in [4.78, 5) is -2.58. The van der Waals surface area contributed by atoms with Gasteiger partial charge in [0.25, 0.3) is 0 Å². The first kappa shape index (κ1) is 13.8. The zero-order valence-corrected chi connectivity index (χ0v) is 9.95. The van der Waals surface area contributed by atoms with Crippen LogP contribution in [0, 0.1) is 0 Å². The van der Waals surface area contributed by atoms with E-state index < -0.39 is 21.2 Å². The summed E-state index contributed by atoms with van der Waals surface area (Å²) in [6.45, 7) is -0.382. The van der Waals surface area contributed by atoms with Crippen LogP contribution in [0.15, 0.2) is 0 Å². The van der Waals surface area contributed by atoms with Crippen LogP contribution < -0.4 is 29.6 Å². The van der Waals surface area contributed by atoms with Gasteiger partial charge >= 0.3 is 29.6 Å². The van der Waals surface area contributed by atoms with Gasteiger partial charge in [0.2, 0.25) is 0 Å². The maximum absolute atomic E-state index is 10.5. The van der Waals surface area contributed by atoms with Crippen molar-refractivity contribution in [3.63, 3.8) is 0 Å². The van der Waals surface area contributed by atoms with Crippen LogP contribution in [-0.2, 0) is 14.9 Å². The molecule has 0 aromatic carbocycles. The van der Waals surface area contributed by atoms with Crippen molar-refractivity contribution < 1.29 is 57.5 Å². The van der Waals surface area contributed by atoms with Gasteiger partial charge in [-0.3, -0.25) is 0 Å². The van der Waals surface area contributed by atoms with Gasteiger partial charge in [0.05, 0.1) is 13.2 Å². The average Bonchev–Trinajstić information content (AvgIpc) is 1.93. The van der Waals surface area contributed by atoms with Crippen molar-refractivity contribution in [1.82, 2.24) is 0 Å². The Morgan fingerprint density at radius 3 is 2.38 bits per heavy atom. The molecule has 1 heterocycles. The predicted molar refractivity (Wildman–Crippen MR) is 36.1 cm³/mol. The quantitative estimate of drug-likeness (QED) is 0.338. The molecule has 0 aromatic heterocycles. The largest absolute Gasteiger partial charge is 1.00 e. The third kappa shape index (κ3) is 2.63. The van der Waals surface area contributed by atoms with Crippen molar-refractivity contribution in [1.29, 1.82) is 0 Å². The Kier molecular flexibility index (Phi) is 4.82. The van der Waals surface area contributed by atoms with E-state index in [0.717, 1.165) is 0 Å². The molecule has 6 nitrogen and oxygen atoms in total. The monoisotopic (exact) mass is 220 g/mol. The second-order valence-electron chi connectivity index (χ2n) is 2.64. The van der Waals surface area contributed by atoms with Crippen molar-refractivity contribution >= 4 is 10.1 Å². The standard InChI is InChI=1S/C5H10O6S.Na/c6-4-3-11-2-1-5(4,7)12(8,9)10;/h4,6-7H,1-3H2,(H,8,9,10);/q;+1/p-1. The topological polar surface area (TPSA) is 107 Å². The number of rotatable bonds is 1. The normalized spacial score (nSPS) is 35.2. The molecule has 0 radical (unpaired) electrons. The number of hydrogen-bond acceptors (Lipinski definition) is 6. The number of hydrogen-bond donors (Lipinski definition) is 2. The second-order valence-corrected chi connectivity index (χ2v) is 4.25. The van der Waals surface area contributed by atoms with Crippen molar-refractivity contribution in [3.05, 3.63) is 0 Å². The molecule has 0 spiro atoms. The summed E-state index contributed by atoms with van der Waals surface area (Å²) in [5.41, 5.74) is 0. The van der Waals surface area contributed by atoms with E-state index in [-0.39, 0.29) is 49.2 Å². The summed E-state index contributed by atoms with van der Waals surface area (Å²) < 4.78 is 36.2. The second kappa shape index (κ2) is 4.54. The van der Waals surface area contributed by atoms with Crippen LogP contribution in [-0.4, -0.2) is 47.4 Å². The fraction of sp³-hybridized carbons (Fsp3) is 1.00. The Morgan fingerprint density at radius 2 is 2.08 bits per heavy atom. The molecule has 1 rings (SSSR count). The molecule has 0 bridgehead atoms. The van der Waals surface area contributed by atoms with Gasteiger partial charge in [-0.05, 0) is 0 Å². The minimum Gasteiger partial charge on any atom is -0.746 e. The van der Waals surface area contributed by atoms with Crippen LogP contribution in [0.1, 0.15) is 6.42 Å². The Morgan fingerprint density at radius 1 is 1.54 bits per heavy atom. The minimum atomic E-state index is -4.90. The molecule has 0 aromatic rings. The van der Waals surface area contributed by atoms with E-state index in [1.54, 1.807) is 0 Å². The predicted octanol–water partition coefficient (Wildman–Crippen LogP) is -4.99. The summed E-state index contributed by atoms with van der Waals surface area (Å²) in [5.74, 6) is 0. The average molecular weight is 220 g/mol. The molecule has 2 atom stereocenters. The summed E-state index contributed by atoms with van der Waals surface area (Å²) in [6, 6.07) is 0. The van der Waals surface area contributed by atoms with E-state index in [2.05, 4.69) is 4.74 Å². The molecular formula is C5H9NaO6S. The molecular weight excluding hydrogens is 211 g/mol. The summed E-state index contributed by atoms with van der Waals surface area (Å²) >= 11 is 0. The molecule has 0 amide bonds. The molecule has 1 aliphatic rings. The number of aliphatic hydroxyl groups excluding tert-OH is 1. The van der Waals surface area contributed by atoms with E-state index in [0.29, 0.717) is 0 Å². The van der Waals surface area contributed by atoms with E-state index >= 15 is 0 Å². The molecule has 2 N–H and O–H groups in total. The summed E-state index contributed by atoms with van der Waals surface area (Å²) in [6.07, 6.45) is -2.05. The van der Waals surface area contributed by atoms with Gasteiger partial charge in [0.1, 0.15) is 16.2 Å². The molecule has 1 fully saturated rings. The zero-order valence-electron chi connectivity index (χ0n) is 7.13. The first-order valence-corrected chi connectivity index (χ1v) is 4.72. The van der Waals surface area contributed by atoms with E-state index in [9.17, 15) is 18.1 Å². The van der Waals surface area contributed by atoms with Gasteiger partial charge < -0.3 is 19.5 Å². The van der Waals surface area contributed by atoms with Crippen molar-refractivity contribution in [2.75, 3.05) is 13.2 Å². The molecule has 13 heavy (non-hydrogen) atoms. The smallest absolute Gasteiger partial charge is 0.746 e. The van der Waals surface area contributed by atoms with E-state index in [1.165, 1.54) is 0 Å². The fourth-order valence-electron chi connectivity index (χ4n) is 1.00. The van der Waals surface area contributed by atoms with Gasteiger partial charge in [0, 0.05) is 6.42 Å². The molecule has 72 valence electrons. The minimum absolute atomic E-state index is 0. The Labute approximate surface area is 97.9 Å². The van der Waals surface area contributed by atoms with Crippen molar-refractivity contribution in [2.24, 2.45) is 0 Å². The maximum Gasteiger partial charge on any atom is 1.00 e. The number of aliphatic hydroxyl groups is 2. The fourth-order valence-corrected chi connectivity index (χ4v) is 1.74. The Balaban J connectivity index is 0.00000144. The van der Waals surface area contributed by atoms with Gasteiger partial charge in [-0.15, -0.1) is 0 Å². The van der Waals surface area contributed by atoms with Crippen molar-refractivity contribution in [2.45, 2.75) is 17.5 Å². The Bertz CT molecular complexity index is 264. The molecule has 0 aliphatic carbocycles. The molecule has 2 unspecified atom stereocenters. The number of ether oxygens (including phenoxy) is 1. The van der Waals surface area contributed by atoms with Crippen LogP contribution in [0.3, 0.4) is 0 Å².